The molecule has 0 aliphatic rings. The van der Waals surface area contributed by atoms with Crippen LogP contribution in [-0.2, 0) is 16.6 Å². The molecule has 4 heteroatoms. The van der Waals surface area contributed by atoms with Crippen molar-refractivity contribution in [1.82, 2.24) is 4.98 Å². The monoisotopic (exact) mass is 286 g/mol. The highest BCUT2D eigenvalue weighted by atomic mass is 32.1. The molecule has 0 atom stereocenters. The molecule has 1 heterocycles. The van der Waals surface area contributed by atoms with Crippen LogP contribution in [0.3, 0.4) is 0 Å². The van der Waals surface area contributed by atoms with Crippen molar-refractivity contribution in [2.45, 2.75) is 25.7 Å². The maximum Gasteiger partial charge on any atom is 0.113 e. The van der Waals surface area contributed by atoms with E-state index in [9.17, 15) is 0 Å². The fourth-order valence-corrected chi connectivity index (χ4v) is 2.71. The molecule has 1 aromatic heterocycles. The Balaban J connectivity index is 2.19. The summed E-state index contributed by atoms with van der Waals surface area (Å²) in [7, 11) is 1.71. The quantitative estimate of drug-likeness (QED) is 0.840. The second-order valence-electron chi connectivity index (χ2n) is 5.21. The van der Waals surface area contributed by atoms with Gasteiger partial charge in [0, 0.05) is 18.1 Å². The summed E-state index contributed by atoms with van der Waals surface area (Å²) in [5.74, 6) is 0. The van der Waals surface area contributed by atoms with Crippen LogP contribution in [0.2, 0.25) is 0 Å². The number of hydrogen-bond donors (Lipinski definition) is 0. The van der Waals surface area contributed by atoms with Crippen molar-refractivity contribution in [2.24, 2.45) is 0 Å². The van der Waals surface area contributed by atoms with Crippen LogP contribution in [0.5, 0.6) is 0 Å². The van der Waals surface area contributed by atoms with E-state index in [2.05, 4.69) is 35.3 Å². The molecule has 0 aliphatic heterocycles. The van der Waals surface area contributed by atoms with Crippen LogP contribution in [0.4, 0.5) is 0 Å². The molecule has 104 valence electrons. The summed E-state index contributed by atoms with van der Waals surface area (Å²) in [6, 6.07) is 10.6. The largest absolute Gasteiger partial charge is 0.384 e. The van der Waals surface area contributed by atoms with E-state index in [0.29, 0.717) is 0 Å². The lowest BCUT2D eigenvalue weighted by Crippen LogP contribution is -2.13. The lowest BCUT2D eigenvalue weighted by Gasteiger charge is -2.10. The van der Waals surface area contributed by atoms with Gasteiger partial charge in [0.25, 0.3) is 0 Å². The lowest BCUT2D eigenvalue weighted by molar-refractivity contribution is 0.202. The maximum atomic E-state index is 9.15. The van der Waals surface area contributed by atoms with Gasteiger partial charge in [-0.3, -0.25) is 0 Å². The van der Waals surface area contributed by atoms with Gasteiger partial charge < -0.3 is 4.74 Å². The predicted molar refractivity (Wildman–Crippen MR) is 81.8 cm³/mol. The SMILES string of the molecule is COCCc1ccc(-c2csc(C(C)(C)C#N)n2)cc1. The van der Waals surface area contributed by atoms with Gasteiger partial charge in [-0.05, 0) is 25.8 Å². The van der Waals surface area contributed by atoms with Gasteiger partial charge in [0.2, 0.25) is 0 Å². The molecule has 0 radical (unpaired) electrons. The first-order valence-electron chi connectivity index (χ1n) is 6.52. The summed E-state index contributed by atoms with van der Waals surface area (Å²) in [5.41, 5.74) is 2.75. The van der Waals surface area contributed by atoms with Crippen molar-refractivity contribution < 1.29 is 4.74 Å². The highest BCUT2D eigenvalue weighted by Crippen LogP contribution is 2.29. The molecule has 0 aliphatic carbocycles. The molecule has 0 bridgehead atoms. The first-order chi connectivity index (χ1) is 9.56. The molecule has 0 N–H and O–H groups in total. The minimum Gasteiger partial charge on any atom is -0.384 e. The number of rotatable bonds is 5. The smallest absolute Gasteiger partial charge is 0.113 e. The highest BCUT2D eigenvalue weighted by Gasteiger charge is 2.23. The molecule has 0 unspecified atom stereocenters. The zero-order chi connectivity index (χ0) is 14.6. The van der Waals surface area contributed by atoms with Crippen LogP contribution < -0.4 is 0 Å². The van der Waals surface area contributed by atoms with Crippen LogP contribution >= 0.6 is 11.3 Å². The number of aromatic nitrogens is 1. The van der Waals surface area contributed by atoms with Crippen LogP contribution in [0.1, 0.15) is 24.4 Å². The normalized spacial score (nSPS) is 11.3. The maximum absolute atomic E-state index is 9.15. The highest BCUT2D eigenvalue weighted by molar-refractivity contribution is 7.10. The van der Waals surface area contributed by atoms with E-state index in [1.165, 1.54) is 5.56 Å². The van der Waals surface area contributed by atoms with Crippen LogP contribution in [-0.4, -0.2) is 18.7 Å². The molecule has 0 amide bonds. The van der Waals surface area contributed by atoms with Gasteiger partial charge in [-0.1, -0.05) is 24.3 Å². The first kappa shape index (κ1) is 14.7. The summed E-state index contributed by atoms with van der Waals surface area (Å²) >= 11 is 1.54. The Kier molecular flexibility index (Phi) is 4.53. The zero-order valence-electron chi connectivity index (χ0n) is 12.0. The van der Waals surface area contributed by atoms with Gasteiger partial charge in [0.15, 0.2) is 0 Å². The zero-order valence-corrected chi connectivity index (χ0v) is 12.8. The minimum atomic E-state index is -0.526. The van der Waals surface area contributed by atoms with E-state index in [1.54, 1.807) is 18.4 Å². The van der Waals surface area contributed by atoms with E-state index in [1.807, 2.05) is 19.2 Å². The fraction of sp³-hybridized carbons (Fsp3) is 0.375. The second kappa shape index (κ2) is 6.17. The third-order valence-electron chi connectivity index (χ3n) is 3.16. The van der Waals surface area contributed by atoms with E-state index in [-0.39, 0.29) is 0 Å². The van der Waals surface area contributed by atoms with Crippen LogP contribution in [0.15, 0.2) is 29.6 Å². The number of ether oxygens (including phenoxy) is 1. The summed E-state index contributed by atoms with van der Waals surface area (Å²) in [4.78, 5) is 4.59. The molecule has 2 rings (SSSR count). The molecular weight excluding hydrogens is 268 g/mol. The van der Waals surface area contributed by atoms with Gasteiger partial charge in [0.05, 0.1) is 18.4 Å². The van der Waals surface area contributed by atoms with Crippen molar-refractivity contribution in [3.05, 3.63) is 40.2 Å². The summed E-state index contributed by atoms with van der Waals surface area (Å²) in [5, 5.41) is 12.0. The average Bonchev–Trinajstić information content (AvgIpc) is 2.96. The molecule has 0 spiro atoms. The molecular formula is C16H18N2OS. The second-order valence-corrected chi connectivity index (χ2v) is 6.07. The molecule has 1 aromatic carbocycles. The van der Waals surface area contributed by atoms with Gasteiger partial charge in [0.1, 0.15) is 10.4 Å². The van der Waals surface area contributed by atoms with Crippen molar-refractivity contribution in [3.63, 3.8) is 0 Å². The number of thiazole rings is 1. The third kappa shape index (κ3) is 3.24. The lowest BCUT2D eigenvalue weighted by atomic mass is 9.97. The van der Waals surface area contributed by atoms with E-state index < -0.39 is 5.41 Å². The standard InChI is InChI=1S/C16H18N2OS/c1-16(2,11-17)15-18-14(10-20-15)13-6-4-12(5-7-13)8-9-19-3/h4-7,10H,8-9H2,1-3H3. The Labute approximate surface area is 123 Å². The molecule has 20 heavy (non-hydrogen) atoms. The third-order valence-corrected chi connectivity index (χ3v) is 4.33. The van der Waals surface area contributed by atoms with Crippen molar-refractivity contribution in [2.75, 3.05) is 13.7 Å². The first-order valence-corrected chi connectivity index (χ1v) is 7.40. The Morgan fingerprint density at radius 1 is 1.30 bits per heavy atom. The van der Waals surface area contributed by atoms with Crippen LogP contribution in [0, 0.1) is 11.3 Å². The average molecular weight is 286 g/mol. The van der Waals surface area contributed by atoms with Crippen molar-refractivity contribution in [3.8, 4) is 17.3 Å². The molecule has 0 saturated carbocycles. The minimum absolute atomic E-state index is 0.526. The van der Waals surface area contributed by atoms with Crippen molar-refractivity contribution in [1.29, 1.82) is 5.26 Å². The topological polar surface area (TPSA) is 45.9 Å². The molecule has 0 fully saturated rings. The summed E-state index contributed by atoms with van der Waals surface area (Å²) < 4.78 is 5.07. The molecule has 0 saturated heterocycles. The van der Waals surface area contributed by atoms with Crippen molar-refractivity contribution >= 4 is 11.3 Å². The molecule has 3 nitrogen and oxygen atoms in total. The van der Waals surface area contributed by atoms with E-state index >= 15 is 0 Å². The number of hydrogen-bond acceptors (Lipinski definition) is 4. The number of methoxy groups -OCH3 is 1. The Bertz CT molecular complexity index is 608. The number of nitrogens with zero attached hydrogens (tertiary/aromatic N) is 2. The Hall–Kier alpha value is -1.70. The van der Waals surface area contributed by atoms with Gasteiger partial charge in [-0.2, -0.15) is 5.26 Å². The van der Waals surface area contributed by atoms with E-state index in [0.717, 1.165) is 29.3 Å². The Morgan fingerprint density at radius 2 is 2.00 bits per heavy atom. The van der Waals surface area contributed by atoms with Gasteiger partial charge >= 0.3 is 0 Å². The van der Waals surface area contributed by atoms with Gasteiger partial charge in [-0.25, -0.2) is 4.98 Å². The van der Waals surface area contributed by atoms with Gasteiger partial charge in [-0.15, -0.1) is 11.3 Å². The number of benzene rings is 1. The van der Waals surface area contributed by atoms with Crippen LogP contribution in [0.25, 0.3) is 11.3 Å². The van der Waals surface area contributed by atoms with E-state index in [4.69, 9.17) is 10.00 Å². The predicted octanol–water partition coefficient (Wildman–Crippen LogP) is 3.80. The summed E-state index contributed by atoms with van der Waals surface area (Å²) in [6.07, 6.45) is 0.917. The number of nitriles is 1. The summed E-state index contributed by atoms with van der Waals surface area (Å²) in [6.45, 7) is 4.52. The Morgan fingerprint density at radius 3 is 2.60 bits per heavy atom. The molecule has 2 aromatic rings. The fourth-order valence-electron chi connectivity index (χ4n) is 1.80.